The molecule has 0 heterocycles. The molecule has 0 bridgehead atoms. The van der Waals surface area contributed by atoms with Crippen LogP contribution >= 0.6 is 0 Å². The van der Waals surface area contributed by atoms with Crippen LogP contribution in [-0.2, 0) is 5.41 Å². The maximum atomic E-state index is 5.64. The average Bonchev–Trinajstić information content (AvgIpc) is 2.46. The van der Waals surface area contributed by atoms with Crippen molar-refractivity contribution in [2.24, 2.45) is 0 Å². The first-order valence-electron chi connectivity index (χ1n) is 7.34. The predicted molar refractivity (Wildman–Crippen MR) is 85.5 cm³/mol. The Morgan fingerprint density at radius 2 is 1.35 bits per heavy atom. The Labute approximate surface area is 122 Å². The van der Waals surface area contributed by atoms with E-state index in [0.717, 1.165) is 18.8 Å². The van der Waals surface area contributed by atoms with Gasteiger partial charge in [0, 0.05) is 5.41 Å². The van der Waals surface area contributed by atoms with E-state index >= 15 is 0 Å². The Morgan fingerprint density at radius 3 is 1.85 bits per heavy atom. The van der Waals surface area contributed by atoms with Crippen molar-refractivity contribution in [3.63, 3.8) is 0 Å². The Kier molecular flexibility index (Phi) is 4.49. The standard InChI is InChI=1S/C19H24O/c1-5-14-20-18-12-10-17(11-13-18)19(3,4)16-8-6-15(2)7-9-16/h6-13H,5,14H2,1-4H3. The van der Waals surface area contributed by atoms with E-state index < -0.39 is 0 Å². The van der Waals surface area contributed by atoms with Crippen molar-refractivity contribution in [2.75, 3.05) is 6.61 Å². The highest BCUT2D eigenvalue weighted by Crippen LogP contribution is 2.32. The van der Waals surface area contributed by atoms with E-state index in [1.807, 2.05) is 0 Å². The number of hydrogen-bond acceptors (Lipinski definition) is 1. The lowest BCUT2D eigenvalue weighted by molar-refractivity contribution is 0.317. The second kappa shape index (κ2) is 6.13. The van der Waals surface area contributed by atoms with Crippen LogP contribution in [0.2, 0.25) is 0 Å². The van der Waals surface area contributed by atoms with Crippen molar-refractivity contribution in [1.29, 1.82) is 0 Å². The number of hydrogen-bond donors (Lipinski definition) is 0. The van der Waals surface area contributed by atoms with Crippen LogP contribution in [0.1, 0.15) is 43.9 Å². The molecular weight excluding hydrogens is 244 g/mol. The fourth-order valence-corrected chi connectivity index (χ4v) is 2.32. The molecule has 0 amide bonds. The molecule has 0 spiro atoms. The van der Waals surface area contributed by atoms with Crippen LogP contribution in [-0.4, -0.2) is 6.61 Å². The van der Waals surface area contributed by atoms with E-state index in [1.54, 1.807) is 0 Å². The number of ether oxygens (including phenoxy) is 1. The number of rotatable bonds is 5. The Hall–Kier alpha value is -1.76. The highest BCUT2D eigenvalue weighted by molar-refractivity contribution is 5.40. The second-order valence-corrected chi connectivity index (χ2v) is 5.86. The molecule has 2 rings (SSSR count). The first-order chi connectivity index (χ1) is 9.54. The number of aryl methyl sites for hydroxylation is 1. The molecule has 0 saturated heterocycles. The van der Waals surface area contributed by atoms with Gasteiger partial charge < -0.3 is 4.74 Å². The fraction of sp³-hybridized carbons (Fsp3) is 0.368. The first-order valence-corrected chi connectivity index (χ1v) is 7.34. The largest absolute Gasteiger partial charge is 0.494 e. The first kappa shape index (κ1) is 14.6. The van der Waals surface area contributed by atoms with Gasteiger partial charge in [-0.1, -0.05) is 62.7 Å². The van der Waals surface area contributed by atoms with E-state index in [0.29, 0.717) is 0 Å². The Balaban J connectivity index is 2.22. The SMILES string of the molecule is CCCOc1ccc(C(C)(C)c2ccc(C)cc2)cc1. The van der Waals surface area contributed by atoms with Crippen LogP contribution in [0.3, 0.4) is 0 Å². The van der Waals surface area contributed by atoms with E-state index in [-0.39, 0.29) is 5.41 Å². The zero-order chi connectivity index (χ0) is 14.6. The lowest BCUT2D eigenvalue weighted by atomic mass is 9.78. The molecule has 0 atom stereocenters. The third-order valence-electron chi connectivity index (χ3n) is 3.82. The van der Waals surface area contributed by atoms with Crippen molar-refractivity contribution in [3.05, 3.63) is 65.2 Å². The molecule has 0 aliphatic carbocycles. The molecule has 2 aromatic rings. The summed E-state index contributed by atoms with van der Waals surface area (Å²) in [7, 11) is 0. The molecule has 0 N–H and O–H groups in total. The summed E-state index contributed by atoms with van der Waals surface area (Å²) in [5, 5.41) is 0. The Morgan fingerprint density at radius 1 is 0.850 bits per heavy atom. The van der Waals surface area contributed by atoms with E-state index in [1.165, 1.54) is 16.7 Å². The van der Waals surface area contributed by atoms with E-state index in [4.69, 9.17) is 4.74 Å². The van der Waals surface area contributed by atoms with Crippen LogP contribution in [0.15, 0.2) is 48.5 Å². The summed E-state index contributed by atoms with van der Waals surface area (Å²) in [6, 6.07) is 17.3. The molecule has 0 unspecified atom stereocenters. The molecule has 0 aliphatic heterocycles. The predicted octanol–water partition coefficient (Wildman–Crippen LogP) is 5.11. The minimum absolute atomic E-state index is 0.0109. The zero-order valence-electron chi connectivity index (χ0n) is 12.9. The van der Waals surface area contributed by atoms with Gasteiger partial charge in [-0.25, -0.2) is 0 Å². The number of benzene rings is 2. The van der Waals surface area contributed by atoms with Crippen LogP contribution in [0.4, 0.5) is 0 Å². The van der Waals surface area contributed by atoms with Crippen LogP contribution in [0.25, 0.3) is 0 Å². The minimum atomic E-state index is 0.0109. The molecular formula is C19H24O. The van der Waals surface area contributed by atoms with Gasteiger partial charge in [0.05, 0.1) is 6.61 Å². The van der Waals surface area contributed by atoms with Gasteiger partial charge in [0.2, 0.25) is 0 Å². The van der Waals surface area contributed by atoms with Crippen molar-refractivity contribution in [2.45, 2.75) is 39.5 Å². The van der Waals surface area contributed by atoms with Crippen molar-refractivity contribution in [1.82, 2.24) is 0 Å². The molecule has 0 aliphatic rings. The molecule has 106 valence electrons. The highest BCUT2D eigenvalue weighted by atomic mass is 16.5. The van der Waals surface area contributed by atoms with Gasteiger partial charge >= 0.3 is 0 Å². The summed E-state index contributed by atoms with van der Waals surface area (Å²) in [6.07, 6.45) is 1.04. The lowest BCUT2D eigenvalue weighted by Gasteiger charge is -2.26. The topological polar surface area (TPSA) is 9.23 Å². The second-order valence-electron chi connectivity index (χ2n) is 5.86. The van der Waals surface area contributed by atoms with Crippen molar-refractivity contribution < 1.29 is 4.74 Å². The summed E-state index contributed by atoms with van der Waals surface area (Å²) in [5.41, 5.74) is 3.96. The third-order valence-corrected chi connectivity index (χ3v) is 3.82. The van der Waals surface area contributed by atoms with Gasteiger partial charge in [0.1, 0.15) is 5.75 Å². The van der Waals surface area contributed by atoms with Gasteiger partial charge in [-0.05, 0) is 36.6 Å². The van der Waals surface area contributed by atoms with Gasteiger partial charge in [-0.2, -0.15) is 0 Å². The summed E-state index contributed by atoms with van der Waals surface area (Å²) >= 11 is 0. The summed E-state index contributed by atoms with van der Waals surface area (Å²) in [4.78, 5) is 0. The molecule has 0 aromatic heterocycles. The van der Waals surface area contributed by atoms with Gasteiger partial charge in [0.25, 0.3) is 0 Å². The zero-order valence-corrected chi connectivity index (χ0v) is 12.9. The lowest BCUT2D eigenvalue weighted by Crippen LogP contribution is -2.18. The van der Waals surface area contributed by atoms with Crippen molar-refractivity contribution in [3.8, 4) is 5.75 Å². The normalized spacial score (nSPS) is 11.4. The van der Waals surface area contributed by atoms with Gasteiger partial charge in [0.15, 0.2) is 0 Å². The van der Waals surface area contributed by atoms with Crippen LogP contribution in [0.5, 0.6) is 5.75 Å². The van der Waals surface area contributed by atoms with E-state index in [9.17, 15) is 0 Å². The minimum Gasteiger partial charge on any atom is -0.494 e. The molecule has 0 saturated carbocycles. The average molecular weight is 268 g/mol. The fourth-order valence-electron chi connectivity index (χ4n) is 2.32. The molecule has 1 nitrogen and oxygen atoms in total. The molecule has 1 heteroatoms. The maximum absolute atomic E-state index is 5.64. The third kappa shape index (κ3) is 3.22. The quantitative estimate of drug-likeness (QED) is 0.732. The summed E-state index contributed by atoms with van der Waals surface area (Å²) < 4.78 is 5.64. The Bertz CT molecular complexity index is 535. The molecule has 2 aromatic carbocycles. The molecule has 0 fully saturated rings. The van der Waals surface area contributed by atoms with Gasteiger partial charge in [-0.3, -0.25) is 0 Å². The van der Waals surface area contributed by atoms with E-state index in [2.05, 4.69) is 76.2 Å². The maximum Gasteiger partial charge on any atom is 0.119 e. The monoisotopic (exact) mass is 268 g/mol. The molecule has 0 radical (unpaired) electrons. The summed E-state index contributed by atoms with van der Waals surface area (Å²) in [6.45, 7) is 9.55. The van der Waals surface area contributed by atoms with Crippen LogP contribution < -0.4 is 4.74 Å². The van der Waals surface area contributed by atoms with Crippen molar-refractivity contribution >= 4 is 0 Å². The highest BCUT2D eigenvalue weighted by Gasteiger charge is 2.22. The molecule has 20 heavy (non-hydrogen) atoms. The smallest absolute Gasteiger partial charge is 0.119 e. The summed E-state index contributed by atoms with van der Waals surface area (Å²) in [5.74, 6) is 0.954. The van der Waals surface area contributed by atoms with Gasteiger partial charge in [-0.15, -0.1) is 0 Å². The van der Waals surface area contributed by atoms with Crippen LogP contribution in [0, 0.1) is 6.92 Å².